The molecule has 1 aromatic heterocycles. The Morgan fingerprint density at radius 3 is 2.28 bits per heavy atom. The molecule has 8 nitrogen and oxygen atoms in total. The lowest BCUT2D eigenvalue weighted by Gasteiger charge is -2.18. The van der Waals surface area contributed by atoms with E-state index in [1.165, 1.54) is 33.5 Å². The van der Waals surface area contributed by atoms with Gasteiger partial charge in [-0.3, -0.25) is 9.59 Å². The molecule has 0 saturated heterocycles. The summed E-state index contributed by atoms with van der Waals surface area (Å²) in [5, 5.41) is 3.65. The number of methoxy groups -OCH3 is 3. The molecule has 1 heterocycles. The van der Waals surface area contributed by atoms with Gasteiger partial charge >= 0.3 is 0 Å². The van der Waals surface area contributed by atoms with E-state index in [4.69, 9.17) is 18.6 Å². The number of fused-ring (bicyclic) bond motifs is 1. The van der Waals surface area contributed by atoms with Gasteiger partial charge in [-0.1, -0.05) is 25.1 Å². The molecule has 0 saturated carbocycles. The summed E-state index contributed by atoms with van der Waals surface area (Å²) in [5.74, 6) is 1.32. The average molecular weight is 440 g/mol. The van der Waals surface area contributed by atoms with Crippen LogP contribution < -0.4 is 19.5 Å². The van der Waals surface area contributed by atoms with Crippen LogP contribution >= 0.6 is 0 Å². The van der Waals surface area contributed by atoms with Gasteiger partial charge in [0.2, 0.25) is 11.7 Å². The number of hydrogen-bond donors (Lipinski definition) is 1. The summed E-state index contributed by atoms with van der Waals surface area (Å²) in [4.78, 5) is 26.9. The zero-order valence-electron chi connectivity index (χ0n) is 19.0. The lowest BCUT2D eigenvalue weighted by molar-refractivity contribution is -0.129. The van der Waals surface area contributed by atoms with Crippen molar-refractivity contribution in [1.82, 2.24) is 10.2 Å². The van der Waals surface area contributed by atoms with Crippen molar-refractivity contribution in [2.45, 2.75) is 19.9 Å². The molecule has 0 radical (unpaired) electrons. The van der Waals surface area contributed by atoms with Gasteiger partial charge in [0, 0.05) is 36.5 Å². The Morgan fingerprint density at radius 1 is 1.03 bits per heavy atom. The molecule has 8 heteroatoms. The quantitative estimate of drug-likeness (QED) is 0.548. The molecule has 0 bridgehead atoms. The number of hydrogen-bond acceptors (Lipinski definition) is 6. The van der Waals surface area contributed by atoms with Crippen molar-refractivity contribution in [1.29, 1.82) is 0 Å². The number of benzene rings is 2. The summed E-state index contributed by atoms with van der Waals surface area (Å²) in [5.41, 5.74) is 2.08. The topological polar surface area (TPSA) is 90.2 Å². The Kier molecular flexibility index (Phi) is 7.25. The van der Waals surface area contributed by atoms with Gasteiger partial charge in [0.25, 0.3) is 5.91 Å². The summed E-state index contributed by atoms with van der Waals surface area (Å²) in [6.07, 6.45) is 0.726. The SMILES string of the molecule is CCc1oc2ccccc2c1CN(C)C(=O)CNC(=O)c1cc(OC)c(OC)c(OC)c1. The summed E-state index contributed by atoms with van der Waals surface area (Å²) >= 11 is 0. The molecule has 2 aromatic carbocycles. The minimum Gasteiger partial charge on any atom is -0.493 e. The predicted octanol–water partition coefficient (Wildman–Crippen LogP) is 3.41. The number of nitrogens with one attached hydrogen (secondary N) is 1. The molecule has 0 spiro atoms. The third-order valence-corrected chi connectivity index (χ3v) is 5.25. The third-order valence-electron chi connectivity index (χ3n) is 5.25. The van der Waals surface area contributed by atoms with Crippen molar-refractivity contribution < 1.29 is 28.2 Å². The Balaban J connectivity index is 1.69. The van der Waals surface area contributed by atoms with Crippen LogP contribution in [-0.2, 0) is 17.8 Å². The van der Waals surface area contributed by atoms with Crippen molar-refractivity contribution in [3.8, 4) is 17.2 Å². The van der Waals surface area contributed by atoms with Crippen LogP contribution in [0.5, 0.6) is 17.2 Å². The van der Waals surface area contributed by atoms with E-state index in [2.05, 4.69) is 5.32 Å². The van der Waals surface area contributed by atoms with Crippen molar-refractivity contribution in [2.24, 2.45) is 0 Å². The van der Waals surface area contributed by atoms with E-state index in [0.29, 0.717) is 29.4 Å². The number of aryl methyl sites for hydroxylation is 1. The molecule has 0 aliphatic carbocycles. The summed E-state index contributed by atoms with van der Waals surface area (Å²) in [6.45, 7) is 2.25. The van der Waals surface area contributed by atoms with Gasteiger partial charge in [-0.15, -0.1) is 0 Å². The van der Waals surface area contributed by atoms with Crippen molar-refractivity contribution in [2.75, 3.05) is 34.9 Å². The first-order chi connectivity index (χ1) is 15.4. The molecule has 0 atom stereocenters. The van der Waals surface area contributed by atoms with Crippen LogP contribution in [0.3, 0.4) is 0 Å². The van der Waals surface area contributed by atoms with Crippen molar-refractivity contribution in [3.63, 3.8) is 0 Å². The first-order valence-electron chi connectivity index (χ1n) is 10.2. The number of carbonyl (C=O) groups is 2. The highest BCUT2D eigenvalue weighted by molar-refractivity contribution is 5.97. The van der Waals surface area contributed by atoms with E-state index in [-0.39, 0.29) is 12.5 Å². The minimum atomic E-state index is -0.422. The summed E-state index contributed by atoms with van der Waals surface area (Å²) in [6, 6.07) is 10.8. The lowest BCUT2D eigenvalue weighted by Crippen LogP contribution is -2.37. The van der Waals surface area contributed by atoms with Gasteiger partial charge in [0.15, 0.2) is 11.5 Å². The molecule has 2 amide bonds. The molecular formula is C24H28N2O6. The normalized spacial score (nSPS) is 10.7. The zero-order valence-corrected chi connectivity index (χ0v) is 19.0. The van der Waals surface area contributed by atoms with Crippen LogP contribution in [0.4, 0.5) is 0 Å². The Morgan fingerprint density at radius 2 is 1.69 bits per heavy atom. The van der Waals surface area contributed by atoms with Gasteiger partial charge in [-0.2, -0.15) is 0 Å². The summed E-state index contributed by atoms with van der Waals surface area (Å²) < 4.78 is 21.7. The van der Waals surface area contributed by atoms with Crippen LogP contribution in [0, 0.1) is 0 Å². The molecule has 1 N–H and O–H groups in total. The van der Waals surface area contributed by atoms with Crippen LogP contribution in [0.2, 0.25) is 0 Å². The van der Waals surface area contributed by atoms with Gasteiger partial charge in [0.05, 0.1) is 27.9 Å². The fourth-order valence-corrected chi connectivity index (χ4v) is 3.54. The monoisotopic (exact) mass is 440 g/mol. The van der Waals surface area contributed by atoms with E-state index >= 15 is 0 Å². The number of nitrogens with zero attached hydrogens (tertiary/aromatic N) is 1. The smallest absolute Gasteiger partial charge is 0.251 e. The predicted molar refractivity (Wildman–Crippen MR) is 120 cm³/mol. The largest absolute Gasteiger partial charge is 0.493 e. The highest BCUT2D eigenvalue weighted by Gasteiger charge is 2.20. The van der Waals surface area contributed by atoms with Crippen molar-refractivity contribution >= 4 is 22.8 Å². The Hall–Kier alpha value is -3.68. The van der Waals surface area contributed by atoms with Crippen LogP contribution in [0.15, 0.2) is 40.8 Å². The lowest BCUT2D eigenvalue weighted by atomic mass is 10.1. The number of amides is 2. The Labute approximate surface area is 187 Å². The standard InChI is InChI=1S/C24H28N2O6/c1-6-18-17(16-9-7-8-10-19(16)32-18)14-26(2)22(27)13-25-24(28)15-11-20(29-3)23(31-5)21(12-15)30-4/h7-12H,6,13-14H2,1-5H3,(H,25,28). The second-order valence-corrected chi connectivity index (χ2v) is 7.20. The molecule has 32 heavy (non-hydrogen) atoms. The molecule has 3 aromatic rings. The van der Waals surface area contributed by atoms with Gasteiger partial charge < -0.3 is 28.8 Å². The van der Waals surface area contributed by atoms with Gasteiger partial charge in [-0.05, 0) is 18.2 Å². The number of likely N-dealkylation sites (N-methyl/N-ethyl adjacent to an activating group) is 1. The second kappa shape index (κ2) is 10.1. The highest BCUT2D eigenvalue weighted by Crippen LogP contribution is 2.38. The second-order valence-electron chi connectivity index (χ2n) is 7.20. The maximum atomic E-state index is 12.7. The summed E-state index contributed by atoms with van der Waals surface area (Å²) in [7, 11) is 6.14. The van der Waals surface area contributed by atoms with Crippen LogP contribution in [-0.4, -0.2) is 51.6 Å². The number of carbonyl (C=O) groups excluding carboxylic acids is 2. The van der Waals surface area contributed by atoms with E-state index < -0.39 is 5.91 Å². The molecule has 0 fully saturated rings. The van der Waals surface area contributed by atoms with Crippen LogP contribution in [0.25, 0.3) is 11.0 Å². The van der Waals surface area contributed by atoms with E-state index in [0.717, 1.165) is 28.7 Å². The number of ether oxygens (including phenoxy) is 3. The minimum absolute atomic E-state index is 0.150. The van der Waals surface area contributed by atoms with Gasteiger partial charge in [0.1, 0.15) is 11.3 Å². The molecular weight excluding hydrogens is 412 g/mol. The number of furan rings is 1. The Bertz CT molecular complexity index is 1100. The molecule has 170 valence electrons. The number of para-hydroxylation sites is 1. The van der Waals surface area contributed by atoms with Crippen molar-refractivity contribution in [3.05, 3.63) is 53.3 Å². The molecule has 0 unspecified atom stereocenters. The van der Waals surface area contributed by atoms with Crippen LogP contribution in [0.1, 0.15) is 28.6 Å². The fourth-order valence-electron chi connectivity index (χ4n) is 3.54. The first kappa shape index (κ1) is 23.0. The fraction of sp³-hybridized carbons (Fsp3) is 0.333. The first-order valence-corrected chi connectivity index (χ1v) is 10.2. The number of rotatable bonds is 9. The molecule has 0 aliphatic heterocycles. The highest BCUT2D eigenvalue weighted by atomic mass is 16.5. The zero-order chi connectivity index (χ0) is 23.3. The van der Waals surface area contributed by atoms with E-state index in [1.807, 2.05) is 31.2 Å². The maximum Gasteiger partial charge on any atom is 0.251 e. The van der Waals surface area contributed by atoms with E-state index in [9.17, 15) is 9.59 Å². The molecule has 0 aliphatic rings. The van der Waals surface area contributed by atoms with Gasteiger partial charge in [-0.25, -0.2) is 0 Å². The maximum absolute atomic E-state index is 12.7. The van der Waals surface area contributed by atoms with E-state index in [1.54, 1.807) is 11.9 Å². The third kappa shape index (κ3) is 4.64. The average Bonchev–Trinajstić information content (AvgIpc) is 3.18. The molecule has 3 rings (SSSR count).